The van der Waals surface area contributed by atoms with Gasteiger partial charge in [0.15, 0.2) is 0 Å². The number of aliphatic hydroxyl groups is 1. The summed E-state index contributed by atoms with van der Waals surface area (Å²) in [6.45, 7) is 4.68. The minimum absolute atomic E-state index is 0.000655. The van der Waals surface area contributed by atoms with E-state index >= 15 is 0 Å². The van der Waals surface area contributed by atoms with Crippen molar-refractivity contribution in [1.82, 2.24) is 5.32 Å². The van der Waals surface area contributed by atoms with Gasteiger partial charge in [-0.3, -0.25) is 9.36 Å². The Morgan fingerprint density at radius 3 is 1.22 bits per heavy atom. The number of allylic oxidation sites excluding steroid dienone is 3. The molecule has 0 radical (unpaired) electrons. The lowest BCUT2D eigenvalue weighted by molar-refractivity contribution is -0.870. The summed E-state index contributed by atoms with van der Waals surface area (Å²) in [6.07, 6.45) is 58.1. The van der Waals surface area contributed by atoms with Crippen LogP contribution in [0.25, 0.3) is 0 Å². The van der Waals surface area contributed by atoms with E-state index in [1.807, 2.05) is 27.2 Å². The molecule has 380 valence electrons. The highest BCUT2D eigenvalue weighted by Crippen LogP contribution is 2.38. The van der Waals surface area contributed by atoms with Crippen molar-refractivity contribution in [3.05, 3.63) is 24.3 Å². The fraction of sp³-hybridized carbons (Fsp3) is 0.909. The van der Waals surface area contributed by atoms with Crippen LogP contribution in [-0.4, -0.2) is 68.5 Å². The third kappa shape index (κ3) is 48.9. The highest BCUT2D eigenvalue weighted by molar-refractivity contribution is 7.45. The molecule has 0 spiro atoms. The van der Waals surface area contributed by atoms with E-state index in [4.69, 9.17) is 9.05 Å². The molecule has 0 aliphatic heterocycles. The summed E-state index contributed by atoms with van der Waals surface area (Å²) in [4.78, 5) is 25.5. The predicted octanol–water partition coefficient (Wildman–Crippen LogP) is 15.8. The number of phosphoric acid groups is 1. The molecule has 2 N–H and O–H groups in total. The van der Waals surface area contributed by atoms with E-state index in [1.165, 1.54) is 212 Å². The molecule has 0 aromatic carbocycles. The fourth-order valence-corrected chi connectivity index (χ4v) is 8.99. The Hall–Kier alpha value is -1.02. The first-order valence-corrected chi connectivity index (χ1v) is 29.2. The number of nitrogens with one attached hydrogen (secondary N) is 1. The minimum atomic E-state index is -4.59. The monoisotopic (exact) mass is 925 g/mol. The summed E-state index contributed by atoms with van der Waals surface area (Å²) in [5, 5.41) is 13.9. The molecule has 1 amide bonds. The largest absolute Gasteiger partial charge is 0.756 e. The molecule has 3 unspecified atom stereocenters. The first-order valence-electron chi connectivity index (χ1n) is 27.7. The Kier molecular flexibility index (Phi) is 46.3. The van der Waals surface area contributed by atoms with E-state index in [0.29, 0.717) is 17.4 Å². The molecule has 8 nitrogen and oxygen atoms in total. The molecule has 0 aliphatic carbocycles. The first kappa shape index (κ1) is 63.0. The third-order valence-electron chi connectivity index (χ3n) is 12.7. The maximum Gasteiger partial charge on any atom is 0.268 e. The van der Waals surface area contributed by atoms with Gasteiger partial charge in [-0.15, -0.1) is 0 Å². The van der Waals surface area contributed by atoms with Gasteiger partial charge >= 0.3 is 0 Å². The number of hydrogen-bond donors (Lipinski definition) is 2. The second-order valence-electron chi connectivity index (χ2n) is 20.3. The van der Waals surface area contributed by atoms with E-state index in [0.717, 1.165) is 38.5 Å². The summed E-state index contributed by atoms with van der Waals surface area (Å²) in [6, 6.07) is -0.885. The molecular formula is C55H109N2O6P. The number of aliphatic hydroxyl groups excluding tert-OH is 1. The number of phosphoric ester groups is 1. The average Bonchev–Trinajstić information content (AvgIpc) is 3.25. The zero-order valence-corrected chi connectivity index (χ0v) is 44.1. The lowest BCUT2D eigenvalue weighted by Gasteiger charge is -2.29. The number of hydrogen-bond acceptors (Lipinski definition) is 6. The quantitative estimate of drug-likeness (QED) is 0.0272. The molecule has 3 atom stereocenters. The zero-order chi connectivity index (χ0) is 47.1. The highest BCUT2D eigenvalue weighted by atomic mass is 31.2. The number of likely N-dealkylation sites (N-methyl/N-ethyl adjacent to an activating group) is 1. The van der Waals surface area contributed by atoms with E-state index < -0.39 is 20.0 Å². The van der Waals surface area contributed by atoms with Crippen LogP contribution in [0.15, 0.2) is 24.3 Å². The summed E-state index contributed by atoms with van der Waals surface area (Å²) in [5.74, 6) is -0.195. The van der Waals surface area contributed by atoms with Gasteiger partial charge in [-0.1, -0.05) is 244 Å². The zero-order valence-electron chi connectivity index (χ0n) is 43.3. The standard InChI is InChI=1S/C55H109N2O6P/c1-6-8-10-12-14-16-18-20-22-24-26-27-28-29-31-33-35-37-39-41-43-45-47-49-55(59)56-53(52-63-64(60,61)62-51-50-57(3,4)5)54(58)48-46-44-42-40-38-36-34-32-30-25-23-21-19-17-15-13-11-9-7-2/h24,26,46,48,53-54,58H,6-23,25,27-45,47,49-52H2,1-5H3,(H-,56,59,60,61)/b26-24-,48-46+. The van der Waals surface area contributed by atoms with Crippen molar-refractivity contribution in [3.8, 4) is 0 Å². The van der Waals surface area contributed by atoms with Crippen molar-refractivity contribution in [2.45, 2.75) is 283 Å². The molecule has 0 saturated carbocycles. The van der Waals surface area contributed by atoms with Crippen LogP contribution in [0.5, 0.6) is 0 Å². The molecule has 0 heterocycles. The van der Waals surface area contributed by atoms with Crippen LogP contribution in [0.3, 0.4) is 0 Å². The Morgan fingerprint density at radius 2 is 0.859 bits per heavy atom. The number of quaternary nitrogens is 1. The smallest absolute Gasteiger partial charge is 0.268 e. The molecule has 0 bridgehead atoms. The second-order valence-corrected chi connectivity index (χ2v) is 21.7. The van der Waals surface area contributed by atoms with E-state index in [2.05, 4.69) is 31.3 Å². The number of unbranched alkanes of at least 4 members (excludes halogenated alkanes) is 36. The summed E-state index contributed by atoms with van der Waals surface area (Å²) < 4.78 is 23.3. The molecule has 0 aromatic heterocycles. The van der Waals surface area contributed by atoms with Crippen LogP contribution in [0, 0.1) is 0 Å². The van der Waals surface area contributed by atoms with Crippen LogP contribution >= 0.6 is 7.82 Å². The van der Waals surface area contributed by atoms with Crippen LogP contribution < -0.4 is 10.2 Å². The predicted molar refractivity (Wildman–Crippen MR) is 275 cm³/mol. The average molecular weight is 925 g/mol. The number of carbonyl (C=O) groups excluding carboxylic acids is 1. The van der Waals surface area contributed by atoms with Gasteiger partial charge in [0, 0.05) is 6.42 Å². The third-order valence-corrected chi connectivity index (χ3v) is 13.6. The number of amides is 1. The molecular weight excluding hydrogens is 816 g/mol. The Labute approximate surface area is 398 Å². The van der Waals surface area contributed by atoms with Crippen LogP contribution in [0.4, 0.5) is 0 Å². The van der Waals surface area contributed by atoms with Crippen LogP contribution in [0.2, 0.25) is 0 Å². The molecule has 0 rings (SSSR count). The SMILES string of the molecule is CCCCCCCCCC/C=C\CCCCCCCCCCCCCC(=O)NC(COP(=O)([O-])OCC[N+](C)(C)C)C(O)/C=C/CCCCCCCCCCCCCCCCCCC. The molecule has 0 aromatic rings. The summed E-state index contributed by atoms with van der Waals surface area (Å²) in [5.41, 5.74) is 0. The normalized spacial score (nSPS) is 14.2. The van der Waals surface area contributed by atoms with Gasteiger partial charge in [0.05, 0.1) is 39.9 Å². The number of nitrogens with zero attached hydrogens (tertiary/aromatic N) is 1. The molecule has 0 saturated heterocycles. The van der Waals surface area contributed by atoms with Crippen molar-refractivity contribution >= 4 is 13.7 Å². The highest BCUT2D eigenvalue weighted by Gasteiger charge is 2.23. The van der Waals surface area contributed by atoms with Gasteiger partial charge in [0.2, 0.25) is 5.91 Å². The molecule has 0 aliphatic rings. The second kappa shape index (κ2) is 47.1. The lowest BCUT2D eigenvalue weighted by atomic mass is 10.0. The van der Waals surface area contributed by atoms with Crippen molar-refractivity contribution in [2.24, 2.45) is 0 Å². The summed E-state index contributed by atoms with van der Waals surface area (Å²) >= 11 is 0. The lowest BCUT2D eigenvalue weighted by Crippen LogP contribution is -2.45. The van der Waals surface area contributed by atoms with Gasteiger partial charge in [-0.2, -0.15) is 0 Å². The Balaban J connectivity index is 4.23. The minimum Gasteiger partial charge on any atom is -0.756 e. The molecule has 64 heavy (non-hydrogen) atoms. The van der Waals surface area contributed by atoms with E-state index in [9.17, 15) is 19.4 Å². The van der Waals surface area contributed by atoms with E-state index in [1.54, 1.807) is 6.08 Å². The van der Waals surface area contributed by atoms with Gasteiger partial charge in [-0.05, 0) is 44.9 Å². The Bertz CT molecular complexity index is 1090. The molecule has 0 fully saturated rings. The first-order chi connectivity index (χ1) is 31.0. The molecule has 9 heteroatoms. The van der Waals surface area contributed by atoms with Crippen molar-refractivity contribution in [2.75, 3.05) is 40.9 Å². The number of rotatable bonds is 51. The van der Waals surface area contributed by atoms with Gasteiger partial charge in [0.1, 0.15) is 13.2 Å². The fourth-order valence-electron chi connectivity index (χ4n) is 8.27. The maximum atomic E-state index is 12.9. The summed E-state index contributed by atoms with van der Waals surface area (Å²) in [7, 11) is 1.27. The maximum absolute atomic E-state index is 12.9. The van der Waals surface area contributed by atoms with E-state index in [-0.39, 0.29) is 19.1 Å². The van der Waals surface area contributed by atoms with Crippen LogP contribution in [-0.2, 0) is 18.4 Å². The number of carbonyl (C=O) groups is 1. The van der Waals surface area contributed by atoms with Gasteiger partial charge < -0.3 is 28.8 Å². The topological polar surface area (TPSA) is 108 Å². The van der Waals surface area contributed by atoms with Gasteiger partial charge in [-0.25, -0.2) is 0 Å². The Morgan fingerprint density at radius 1 is 0.531 bits per heavy atom. The van der Waals surface area contributed by atoms with Crippen molar-refractivity contribution in [3.63, 3.8) is 0 Å². The van der Waals surface area contributed by atoms with Gasteiger partial charge in [0.25, 0.3) is 7.82 Å². The van der Waals surface area contributed by atoms with Crippen LogP contribution in [0.1, 0.15) is 271 Å². The van der Waals surface area contributed by atoms with Crippen molar-refractivity contribution in [1.29, 1.82) is 0 Å². The van der Waals surface area contributed by atoms with Crippen molar-refractivity contribution < 1.29 is 32.9 Å².